The molecule has 0 N–H and O–H groups in total. The van der Waals surface area contributed by atoms with Crippen LogP contribution < -0.4 is 0 Å². The molecule has 3 aromatic heterocycles. The predicted molar refractivity (Wildman–Crippen MR) is 110 cm³/mol. The van der Waals surface area contributed by atoms with Gasteiger partial charge < -0.3 is 0 Å². The van der Waals surface area contributed by atoms with Crippen LogP contribution in [0.3, 0.4) is 0 Å². The van der Waals surface area contributed by atoms with E-state index in [0.29, 0.717) is 11.2 Å². The van der Waals surface area contributed by atoms with Gasteiger partial charge in [0.2, 0.25) is 0 Å². The van der Waals surface area contributed by atoms with Crippen LogP contribution in [0.4, 0.5) is 0 Å². The van der Waals surface area contributed by atoms with E-state index in [0.717, 1.165) is 38.2 Å². The largest absolute Gasteiger partial charge is 0.274 e. The fraction of sp³-hybridized carbons (Fsp3) is 0. The molecule has 0 aliphatic rings. The summed E-state index contributed by atoms with van der Waals surface area (Å²) in [5, 5.41) is 22.9. The molecule has 0 saturated heterocycles. The van der Waals surface area contributed by atoms with Crippen molar-refractivity contribution in [3.8, 4) is 12.1 Å². The minimum Gasteiger partial charge on any atom is -0.274 e. The Labute approximate surface area is 163 Å². The van der Waals surface area contributed by atoms with Crippen LogP contribution in [0.15, 0.2) is 60.7 Å². The SMILES string of the molecule is N#Cc1nc2c3c4ccccc4ccc3c3nc4ccccc4n3c2nc1C#N. The number of rotatable bonds is 0. The number of aromatic nitrogens is 4. The average Bonchev–Trinajstić information content (AvgIpc) is 3.17. The minimum atomic E-state index is 0.0127. The third-order valence-corrected chi connectivity index (χ3v) is 5.27. The van der Waals surface area contributed by atoms with Gasteiger partial charge in [0.1, 0.15) is 23.3 Å². The minimum absolute atomic E-state index is 0.0127. The molecular formula is C23H10N6. The Hall–Kier alpha value is -4.55. The molecule has 0 aliphatic carbocycles. The summed E-state index contributed by atoms with van der Waals surface area (Å²) >= 11 is 0. The second-order valence-electron chi connectivity index (χ2n) is 6.79. The Morgan fingerprint density at radius 1 is 0.690 bits per heavy atom. The first-order valence-electron chi connectivity index (χ1n) is 9.03. The Kier molecular flexibility index (Phi) is 2.93. The molecule has 3 heterocycles. The molecule has 0 radical (unpaired) electrons. The molecule has 6 rings (SSSR count). The molecule has 0 aliphatic heterocycles. The van der Waals surface area contributed by atoms with Gasteiger partial charge in [-0.25, -0.2) is 15.0 Å². The third-order valence-electron chi connectivity index (χ3n) is 5.27. The summed E-state index contributed by atoms with van der Waals surface area (Å²) in [7, 11) is 0. The van der Waals surface area contributed by atoms with Crippen molar-refractivity contribution in [3.05, 3.63) is 72.1 Å². The molecule has 0 atom stereocenters. The number of imidazole rings is 1. The van der Waals surface area contributed by atoms with E-state index in [1.54, 1.807) is 0 Å². The van der Waals surface area contributed by atoms with Gasteiger partial charge in [0.15, 0.2) is 17.0 Å². The van der Waals surface area contributed by atoms with Gasteiger partial charge in [0.05, 0.1) is 11.0 Å². The van der Waals surface area contributed by atoms with E-state index in [4.69, 9.17) is 4.98 Å². The summed E-state index contributed by atoms with van der Waals surface area (Å²) in [6.45, 7) is 0. The molecule has 0 fully saturated rings. The second kappa shape index (κ2) is 5.48. The average molecular weight is 370 g/mol. The molecule has 132 valence electrons. The van der Waals surface area contributed by atoms with Crippen LogP contribution >= 0.6 is 0 Å². The fourth-order valence-corrected chi connectivity index (χ4v) is 4.04. The predicted octanol–water partition coefficient (Wildman–Crippen LogP) is 4.48. The number of pyridine rings is 1. The molecule has 6 aromatic rings. The number of fused-ring (bicyclic) bond motifs is 10. The first-order chi connectivity index (χ1) is 14.3. The van der Waals surface area contributed by atoms with E-state index in [9.17, 15) is 10.5 Å². The molecular weight excluding hydrogens is 360 g/mol. The molecule has 6 nitrogen and oxygen atoms in total. The molecule has 0 unspecified atom stereocenters. The molecule has 29 heavy (non-hydrogen) atoms. The Bertz CT molecular complexity index is 1730. The highest BCUT2D eigenvalue weighted by atomic mass is 15.1. The van der Waals surface area contributed by atoms with Gasteiger partial charge in [-0.3, -0.25) is 4.40 Å². The van der Waals surface area contributed by atoms with Gasteiger partial charge in [-0.2, -0.15) is 10.5 Å². The standard InChI is InChI=1S/C23H10N6/c24-11-17-18(12-25)28-23-21(26-17)20-14-6-2-1-5-13(14)9-10-15(20)22-27-16-7-3-4-8-19(16)29(22)23/h1-10H. The van der Waals surface area contributed by atoms with E-state index in [1.807, 2.05) is 71.1 Å². The lowest BCUT2D eigenvalue weighted by Gasteiger charge is -2.11. The maximum absolute atomic E-state index is 9.52. The van der Waals surface area contributed by atoms with Crippen molar-refractivity contribution in [2.24, 2.45) is 0 Å². The van der Waals surface area contributed by atoms with Gasteiger partial charge in [0.25, 0.3) is 0 Å². The van der Waals surface area contributed by atoms with Crippen molar-refractivity contribution in [2.75, 3.05) is 0 Å². The van der Waals surface area contributed by atoms with Crippen LogP contribution in [-0.2, 0) is 0 Å². The highest BCUT2D eigenvalue weighted by molar-refractivity contribution is 6.22. The number of nitrogens with zero attached hydrogens (tertiary/aromatic N) is 6. The summed E-state index contributed by atoms with van der Waals surface area (Å²) < 4.78 is 1.93. The quantitative estimate of drug-likeness (QED) is 0.368. The highest BCUT2D eigenvalue weighted by Crippen LogP contribution is 2.35. The molecule has 0 spiro atoms. The smallest absolute Gasteiger partial charge is 0.179 e. The van der Waals surface area contributed by atoms with Crippen LogP contribution in [0.25, 0.3) is 49.4 Å². The summed E-state index contributed by atoms with van der Waals surface area (Å²) in [5.41, 5.74) is 3.61. The van der Waals surface area contributed by atoms with Gasteiger partial charge >= 0.3 is 0 Å². The van der Waals surface area contributed by atoms with Crippen LogP contribution in [0, 0.1) is 22.7 Å². The van der Waals surface area contributed by atoms with Crippen molar-refractivity contribution in [3.63, 3.8) is 0 Å². The van der Waals surface area contributed by atoms with E-state index < -0.39 is 0 Å². The first-order valence-corrected chi connectivity index (χ1v) is 9.03. The maximum atomic E-state index is 9.52. The van der Waals surface area contributed by atoms with Gasteiger partial charge in [-0.15, -0.1) is 0 Å². The number of para-hydroxylation sites is 2. The van der Waals surface area contributed by atoms with Crippen LogP contribution in [0.2, 0.25) is 0 Å². The van der Waals surface area contributed by atoms with Crippen LogP contribution in [-0.4, -0.2) is 19.4 Å². The lowest BCUT2D eigenvalue weighted by atomic mass is 10.0. The monoisotopic (exact) mass is 370 g/mol. The lowest BCUT2D eigenvalue weighted by Crippen LogP contribution is -2.02. The van der Waals surface area contributed by atoms with Crippen molar-refractivity contribution in [2.45, 2.75) is 0 Å². The zero-order valence-corrected chi connectivity index (χ0v) is 15.0. The van der Waals surface area contributed by atoms with E-state index in [1.165, 1.54) is 0 Å². The summed E-state index contributed by atoms with van der Waals surface area (Å²) in [6, 6.07) is 23.9. The molecule has 6 heteroatoms. The summed E-state index contributed by atoms with van der Waals surface area (Å²) in [6.07, 6.45) is 0. The van der Waals surface area contributed by atoms with Crippen molar-refractivity contribution >= 4 is 49.4 Å². The number of hydrogen-bond acceptors (Lipinski definition) is 5. The Morgan fingerprint density at radius 2 is 1.45 bits per heavy atom. The summed E-state index contributed by atoms with van der Waals surface area (Å²) in [5.74, 6) is 0. The molecule has 0 bridgehead atoms. The van der Waals surface area contributed by atoms with E-state index in [-0.39, 0.29) is 11.4 Å². The fourth-order valence-electron chi connectivity index (χ4n) is 4.04. The van der Waals surface area contributed by atoms with E-state index >= 15 is 0 Å². The molecule has 0 amide bonds. The third kappa shape index (κ3) is 1.95. The van der Waals surface area contributed by atoms with Crippen molar-refractivity contribution < 1.29 is 0 Å². The zero-order valence-electron chi connectivity index (χ0n) is 15.0. The van der Waals surface area contributed by atoms with Crippen molar-refractivity contribution in [1.29, 1.82) is 10.5 Å². The van der Waals surface area contributed by atoms with Gasteiger partial charge in [-0.1, -0.05) is 42.5 Å². The highest BCUT2D eigenvalue weighted by Gasteiger charge is 2.19. The lowest BCUT2D eigenvalue weighted by molar-refractivity contribution is 1.15. The Morgan fingerprint density at radius 3 is 2.31 bits per heavy atom. The number of hydrogen-bond donors (Lipinski definition) is 0. The topological polar surface area (TPSA) is 90.7 Å². The Balaban J connectivity index is 2.04. The van der Waals surface area contributed by atoms with Crippen molar-refractivity contribution in [1.82, 2.24) is 19.4 Å². The normalized spacial score (nSPS) is 11.4. The van der Waals surface area contributed by atoms with Gasteiger partial charge in [0, 0.05) is 10.8 Å². The van der Waals surface area contributed by atoms with E-state index in [2.05, 4.69) is 16.0 Å². The summed E-state index contributed by atoms with van der Waals surface area (Å²) in [4.78, 5) is 14.0. The second-order valence-corrected chi connectivity index (χ2v) is 6.79. The molecule has 3 aromatic carbocycles. The molecule has 0 saturated carbocycles. The zero-order chi connectivity index (χ0) is 19.5. The number of nitriles is 2. The van der Waals surface area contributed by atoms with Gasteiger partial charge in [-0.05, 0) is 29.0 Å². The number of benzene rings is 3. The maximum Gasteiger partial charge on any atom is 0.179 e. The van der Waals surface area contributed by atoms with Crippen LogP contribution in [0.5, 0.6) is 0 Å². The first kappa shape index (κ1) is 15.5. The van der Waals surface area contributed by atoms with Crippen LogP contribution in [0.1, 0.15) is 11.4 Å².